The Labute approximate surface area is 215 Å². The Morgan fingerprint density at radius 1 is 1.14 bits per heavy atom. The molecule has 1 aliphatic carbocycles. The second-order valence-corrected chi connectivity index (χ2v) is 9.70. The molecule has 192 valence electrons. The Hall–Kier alpha value is -3.73. The maximum absolute atomic E-state index is 13.9. The van der Waals surface area contributed by atoms with Gasteiger partial charge < -0.3 is 20.7 Å². The molecule has 2 aliphatic heterocycles. The number of ketones is 1. The SMILES string of the molecule is COC[C@@H]1CCCN1N(C(N)=O)c1cccc2c1C(=O)c1c(-c3ccc(N4CCNCC4)cc3)n[nH]c1-2. The number of carbonyl (C=O) groups is 2. The van der Waals surface area contributed by atoms with Crippen LogP contribution in [0.4, 0.5) is 16.2 Å². The molecule has 2 saturated heterocycles. The standard InChI is InChI=1S/C27H31N7O3/c1-37-16-19-4-3-13-33(19)34(27(28)36)21-6-2-5-20-22(21)26(35)23-24(30-31-25(20)23)17-7-9-18(10-8-17)32-14-11-29-12-15-32/h2,5-10,19,29H,3-4,11-16H2,1H3,(H2,28,36)(H,30,31)/t19-/m0/s1. The molecule has 37 heavy (non-hydrogen) atoms. The number of hydrogen-bond donors (Lipinski definition) is 3. The van der Waals surface area contributed by atoms with Gasteiger partial charge in [0.15, 0.2) is 5.78 Å². The van der Waals surface area contributed by atoms with E-state index in [4.69, 9.17) is 10.5 Å². The Morgan fingerprint density at radius 3 is 2.65 bits per heavy atom. The van der Waals surface area contributed by atoms with E-state index in [2.05, 4.69) is 32.5 Å². The van der Waals surface area contributed by atoms with Crippen LogP contribution >= 0.6 is 0 Å². The molecule has 2 amide bonds. The Morgan fingerprint density at radius 2 is 1.92 bits per heavy atom. The summed E-state index contributed by atoms with van der Waals surface area (Å²) < 4.78 is 5.38. The number of aromatic amines is 1. The Kier molecular flexibility index (Phi) is 6.15. The second-order valence-electron chi connectivity index (χ2n) is 9.70. The number of rotatable bonds is 6. The molecule has 2 fully saturated rings. The van der Waals surface area contributed by atoms with Gasteiger partial charge >= 0.3 is 6.03 Å². The zero-order valence-corrected chi connectivity index (χ0v) is 20.9. The summed E-state index contributed by atoms with van der Waals surface area (Å²) in [6, 6.07) is 13.1. The van der Waals surface area contributed by atoms with Gasteiger partial charge in [-0.1, -0.05) is 24.3 Å². The maximum atomic E-state index is 13.9. The number of aromatic nitrogens is 2. The first-order valence-electron chi connectivity index (χ1n) is 12.8. The average molecular weight is 502 g/mol. The smallest absolute Gasteiger partial charge is 0.334 e. The molecule has 3 aliphatic rings. The van der Waals surface area contributed by atoms with Crippen LogP contribution in [-0.4, -0.2) is 79.5 Å². The molecule has 0 unspecified atom stereocenters. The molecular formula is C27H31N7O3. The lowest BCUT2D eigenvalue weighted by Gasteiger charge is -2.35. The van der Waals surface area contributed by atoms with Crippen LogP contribution in [0.25, 0.3) is 22.5 Å². The van der Waals surface area contributed by atoms with E-state index in [1.807, 2.05) is 29.3 Å². The third-order valence-corrected chi connectivity index (χ3v) is 7.55. The van der Waals surface area contributed by atoms with E-state index < -0.39 is 6.03 Å². The van der Waals surface area contributed by atoms with Gasteiger partial charge in [0, 0.05) is 56.6 Å². The van der Waals surface area contributed by atoms with Crippen LogP contribution in [0, 0.1) is 0 Å². The normalized spacial score (nSPS) is 19.2. The number of ether oxygens (including phenoxy) is 1. The molecule has 10 heteroatoms. The van der Waals surface area contributed by atoms with Crippen molar-refractivity contribution >= 4 is 23.2 Å². The van der Waals surface area contributed by atoms with Gasteiger partial charge in [-0.15, -0.1) is 0 Å². The van der Waals surface area contributed by atoms with Crippen molar-refractivity contribution in [1.82, 2.24) is 20.5 Å². The number of nitrogens with one attached hydrogen (secondary N) is 2. The quantitative estimate of drug-likeness (QED) is 0.372. The van der Waals surface area contributed by atoms with E-state index in [0.29, 0.717) is 41.4 Å². The minimum atomic E-state index is -0.624. The predicted octanol–water partition coefficient (Wildman–Crippen LogP) is 2.61. The van der Waals surface area contributed by atoms with E-state index in [1.54, 1.807) is 13.2 Å². The summed E-state index contributed by atoms with van der Waals surface area (Å²) >= 11 is 0. The average Bonchev–Trinajstić information content (AvgIpc) is 3.63. The fourth-order valence-corrected chi connectivity index (χ4v) is 5.84. The van der Waals surface area contributed by atoms with Gasteiger partial charge in [0.2, 0.25) is 0 Å². The minimum Gasteiger partial charge on any atom is -0.383 e. The monoisotopic (exact) mass is 501 g/mol. The Balaban J connectivity index is 1.35. The molecule has 6 rings (SSSR count). The van der Waals surface area contributed by atoms with Gasteiger partial charge in [0.05, 0.1) is 35.2 Å². The summed E-state index contributed by atoms with van der Waals surface area (Å²) in [5, 5.41) is 14.4. The topological polar surface area (TPSA) is 120 Å². The van der Waals surface area contributed by atoms with Gasteiger partial charge in [-0.25, -0.2) is 14.8 Å². The number of hydrazine groups is 1. The van der Waals surface area contributed by atoms with Crippen molar-refractivity contribution in [2.45, 2.75) is 18.9 Å². The van der Waals surface area contributed by atoms with Crippen LogP contribution in [0.3, 0.4) is 0 Å². The fourth-order valence-electron chi connectivity index (χ4n) is 5.84. The van der Waals surface area contributed by atoms with Crippen LogP contribution in [0.15, 0.2) is 42.5 Å². The molecule has 10 nitrogen and oxygen atoms in total. The number of carbonyl (C=O) groups excluding carboxylic acids is 2. The summed E-state index contributed by atoms with van der Waals surface area (Å²) in [6.45, 7) is 5.00. The van der Waals surface area contributed by atoms with Crippen molar-refractivity contribution in [2.24, 2.45) is 5.73 Å². The highest BCUT2D eigenvalue weighted by molar-refractivity contribution is 6.27. The first-order valence-corrected chi connectivity index (χ1v) is 12.8. The fraction of sp³-hybridized carbons (Fsp3) is 0.370. The van der Waals surface area contributed by atoms with Gasteiger partial charge in [0.1, 0.15) is 5.69 Å². The van der Waals surface area contributed by atoms with E-state index in [9.17, 15) is 9.59 Å². The number of piperazine rings is 1. The maximum Gasteiger partial charge on any atom is 0.334 e. The largest absolute Gasteiger partial charge is 0.383 e. The summed E-state index contributed by atoms with van der Waals surface area (Å²) in [6.07, 6.45) is 1.80. The number of amides is 2. The first kappa shape index (κ1) is 23.7. The van der Waals surface area contributed by atoms with Crippen LogP contribution < -0.4 is 21.0 Å². The van der Waals surface area contributed by atoms with E-state index in [1.165, 1.54) is 5.01 Å². The zero-order chi connectivity index (χ0) is 25.5. The third-order valence-electron chi connectivity index (χ3n) is 7.55. The van der Waals surface area contributed by atoms with Gasteiger partial charge in [0.25, 0.3) is 0 Å². The number of hydrogen-bond acceptors (Lipinski definition) is 7. The number of anilines is 2. The number of primary amides is 1. The van der Waals surface area contributed by atoms with Crippen molar-refractivity contribution in [3.8, 4) is 22.5 Å². The molecule has 0 radical (unpaired) electrons. The summed E-state index contributed by atoms with van der Waals surface area (Å²) in [7, 11) is 1.64. The molecule has 4 N–H and O–H groups in total. The van der Waals surface area contributed by atoms with E-state index in [0.717, 1.165) is 55.8 Å². The number of nitrogens with two attached hydrogens (primary N) is 1. The molecule has 1 aromatic heterocycles. The number of nitrogens with zero attached hydrogens (tertiary/aromatic N) is 4. The number of benzene rings is 2. The predicted molar refractivity (Wildman–Crippen MR) is 142 cm³/mol. The highest BCUT2D eigenvalue weighted by atomic mass is 16.5. The minimum absolute atomic E-state index is 0.00844. The molecular weight excluding hydrogens is 470 g/mol. The van der Waals surface area contributed by atoms with Crippen molar-refractivity contribution < 1.29 is 14.3 Å². The third kappa shape index (κ3) is 3.97. The van der Waals surface area contributed by atoms with E-state index >= 15 is 0 Å². The lowest BCUT2D eigenvalue weighted by atomic mass is 10.0. The molecule has 0 bridgehead atoms. The zero-order valence-electron chi connectivity index (χ0n) is 20.9. The van der Waals surface area contributed by atoms with Crippen LogP contribution in [0.2, 0.25) is 0 Å². The number of urea groups is 1. The second kappa shape index (κ2) is 9.62. The van der Waals surface area contributed by atoms with Gasteiger partial charge in [-0.05, 0) is 31.0 Å². The Bertz CT molecular complexity index is 1330. The number of methoxy groups -OCH3 is 1. The summed E-state index contributed by atoms with van der Waals surface area (Å²) in [5.41, 5.74) is 11.4. The number of H-pyrrole nitrogens is 1. The number of fused-ring (bicyclic) bond motifs is 3. The molecule has 2 aromatic carbocycles. The molecule has 0 spiro atoms. The lowest BCUT2D eigenvalue weighted by Crippen LogP contribution is -2.53. The van der Waals surface area contributed by atoms with Crippen molar-refractivity contribution in [3.05, 3.63) is 53.6 Å². The van der Waals surface area contributed by atoms with Crippen LogP contribution in [0.5, 0.6) is 0 Å². The van der Waals surface area contributed by atoms with Crippen LogP contribution in [0.1, 0.15) is 28.8 Å². The first-order chi connectivity index (χ1) is 18.1. The highest BCUT2D eigenvalue weighted by Crippen LogP contribution is 2.44. The van der Waals surface area contributed by atoms with E-state index in [-0.39, 0.29) is 11.8 Å². The van der Waals surface area contributed by atoms with Gasteiger partial charge in [-0.2, -0.15) is 5.10 Å². The van der Waals surface area contributed by atoms with Gasteiger partial charge in [-0.3, -0.25) is 9.89 Å². The highest BCUT2D eigenvalue weighted by Gasteiger charge is 2.39. The van der Waals surface area contributed by atoms with Crippen molar-refractivity contribution in [3.63, 3.8) is 0 Å². The molecule has 3 heterocycles. The van der Waals surface area contributed by atoms with Crippen LogP contribution in [-0.2, 0) is 4.74 Å². The summed E-state index contributed by atoms with van der Waals surface area (Å²) in [5.74, 6) is -0.163. The lowest BCUT2D eigenvalue weighted by molar-refractivity contribution is 0.103. The summed E-state index contributed by atoms with van der Waals surface area (Å²) in [4.78, 5) is 29.0. The van der Waals surface area contributed by atoms with Crippen molar-refractivity contribution in [1.29, 1.82) is 0 Å². The molecule has 0 saturated carbocycles. The van der Waals surface area contributed by atoms with Crippen molar-refractivity contribution in [2.75, 3.05) is 56.3 Å². The molecule has 3 aromatic rings. The molecule has 1 atom stereocenters.